The Bertz CT molecular complexity index is 909. The van der Waals surface area contributed by atoms with Gasteiger partial charge >= 0.3 is 12.2 Å². The highest BCUT2D eigenvalue weighted by Crippen LogP contribution is 2.36. The summed E-state index contributed by atoms with van der Waals surface area (Å²) in [4.78, 5) is 25.7. The summed E-state index contributed by atoms with van der Waals surface area (Å²) in [6.07, 6.45) is -1.58. The molecule has 0 spiro atoms. The van der Waals surface area contributed by atoms with Crippen LogP contribution in [0.5, 0.6) is 0 Å². The fourth-order valence-electron chi connectivity index (χ4n) is 3.30. The van der Waals surface area contributed by atoms with Gasteiger partial charge in [-0.1, -0.05) is 6.07 Å². The van der Waals surface area contributed by atoms with Crippen LogP contribution < -0.4 is 21.3 Å². The summed E-state index contributed by atoms with van der Waals surface area (Å²) in [7, 11) is 0. The highest BCUT2D eigenvalue weighted by Gasteiger charge is 2.32. The van der Waals surface area contributed by atoms with E-state index in [0.717, 1.165) is 31.4 Å². The molecule has 9 heteroatoms. The van der Waals surface area contributed by atoms with Crippen LogP contribution >= 0.6 is 0 Å². The molecule has 0 unspecified atom stereocenters. The Labute approximate surface area is 165 Å². The number of benzene rings is 2. The quantitative estimate of drug-likeness (QED) is 0.702. The number of urea groups is 1. The van der Waals surface area contributed by atoms with Crippen LogP contribution in [-0.4, -0.2) is 25.0 Å². The van der Waals surface area contributed by atoms with Gasteiger partial charge in [-0.3, -0.25) is 4.79 Å². The van der Waals surface area contributed by atoms with Gasteiger partial charge in [0, 0.05) is 24.3 Å². The molecule has 6 nitrogen and oxygen atoms in total. The molecule has 0 aromatic heterocycles. The second-order valence-electron chi connectivity index (χ2n) is 6.80. The Hall–Kier alpha value is -3.23. The third kappa shape index (κ3) is 5.18. The predicted molar refractivity (Wildman–Crippen MR) is 105 cm³/mol. The number of alkyl halides is 3. The predicted octanol–water partition coefficient (Wildman–Crippen LogP) is 4.44. The monoisotopic (exact) mass is 406 g/mol. The number of primary amides is 1. The van der Waals surface area contributed by atoms with E-state index in [0.29, 0.717) is 24.5 Å². The maximum absolute atomic E-state index is 13.2. The average molecular weight is 406 g/mol. The van der Waals surface area contributed by atoms with Crippen molar-refractivity contribution in [1.29, 1.82) is 0 Å². The van der Waals surface area contributed by atoms with Crippen molar-refractivity contribution >= 4 is 29.0 Å². The van der Waals surface area contributed by atoms with Gasteiger partial charge in [0.05, 0.1) is 16.9 Å². The third-order valence-electron chi connectivity index (χ3n) is 4.66. The van der Waals surface area contributed by atoms with E-state index in [1.54, 1.807) is 6.07 Å². The number of hydrogen-bond donors (Lipinski definition) is 3. The topological polar surface area (TPSA) is 87.5 Å². The fourth-order valence-corrected chi connectivity index (χ4v) is 3.30. The average Bonchev–Trinajstić information content (AvgIpc) is 2.67. The number of hydrogen-bond acceptors (Lipinski definition) is 3. The minimum absolute atomic E-state index is 0.0972. The number of anilines is 3. The maximum Gasteiger partial charge on any atom is 0.416 e. The van der Waals surface area contributed by atoms with E-state index in [-0.39, 0.29) is 11.3 Å². The van der Waals surface area contributed by atoms with Gasteiger partial charge in [-0.15, -0.1) is 0 Å². The van der Waals surface area contributed by atoms with Crippen LogP contribution in [0.25, 0.3) is 0 Å². The highest BCUT2D eigenvalue weighted by atomic mass is 19.4. The van der Waals surface area contributed by atoms with Crippen LogP contribution in [0.2, 0.25) is 0 Å². The Balaban J connectivity index is 1.91. The van der Waals surface area contributed by atoms with Gasteiger partial charge < -0.3 is 21.3 Å². The summed E-state index contributed by atoms with van der Waals surface area (Å²) in [6, 6.07) is 8.57. The molecule has 2 aromatic carbocycles. The number of rotatable bonds is 4. The first-order valence-corrected chi connectivity index (χ1v) is 9.18. The molecule has 4 N–H and O–H groups in total. The molecule has 2 aromatic rings. The maximum atomic E-state index is 13.2. The molecule has 0 saturated carbocycles. The normalized spacial score (nSPS) is 14.4. The van der Waals surface area contributed by atoms with E-state index in [9.17, 15) is 22.8 Å². The summed E-state index contributed by atoms with van der Waals surface area (Å²) in [6.45, 7) is 1.43. The second-order valence-corrected chi connectivity index (χ2v) is 6.80. The number of nitrogens with one attached hydrogen (secondary N) is 2. The van der Waals surface area contributed by atoms with E-state index in [1.165, 1.54) is 24.3 Å². The van der Waals surface area contributed by atoms with Crippen molar-refractivity contribution in [2.45, 2.75) is 25.4 Å². The van der Waals surface area contributed by atoms with Crippen molar-refractivity contribution < 1.29 is 22.8 Å². The molecule has 0 radical (unpaired) electrons. The number of halogens is 3. The number of amides is 3. The molecule has 0 atom stereocenters. The molecule has 0 bridgehead atoms. The molecule has 1 saturated heterocycles. The molecule has 1 heterocycles. The summed E-state index contributed by atoms with van der Waals surface area (Å²) >= 11 is 0. The minimum atomic E-state index is -4.52. The first-order valence-electron chi connectivity index (χ1n) is 9.18. The minimum Gasteiger partial charge on any atom is -0.370 e. The van der Waals surface area contributed by atoms with E-state index in [2.05, 4.69) is 10.6 Å². The van der Waals surface area contributed by atoms with Crippen molar-refractivity contribution in [3.05, 3.63) is 53.6 Å². The highest BCUT2D eigenvalue weighted by molar-refractivity contribution is 6.07. The van der Waals surface area contributed by atoms with Gasteiger partial charge in [0.2, 0.25) is 0 Å². The van der Waals surface area contributed by atoms with Crippen molar-refractivity contribution in [3.8, 4) is 0 Å². The first-order chi connectivity index (χ1) is 13.7. The zero-order valence-corrected chi connectivity index (χ0v) is 15.6. The number of piperidine rings is 1. The van der Waals surface area contributed by atoms with E-state index in [4.69, 9.17) is 5.73 Å². The molecule has 0 aliphatic carbocycles. The standard InChI is InChI=1S/C20H21F3N4O2/c21-20(22,23)14-7-8-17(27-9-2-1-3-10-27)16(12-14)26-18(28)13-5-4-6-15(11-13)25-19(24)29/h4-8,11-12H,1-3,9-10H2,(H,26,28)(H3,24,25,29). The largest absolute Gasteiger partial charge is 0.416 e. The molecule has 29 heavy (non-hydrogen) atoms. The summed E-state index contributed by atoms with van der Waals surface area (Å²) in [5.74, 6) is -0.587. The van der Waals surface area contributed by atoms with Crippen molar-refractivity contribution in [2.75, 3.05) is 28.6 Å². The van der Waals surface area contributed by atoms with Gasteiger partial charge in [0.1, 0.15) is 0 Å². The lowest BCUT2D eigenvalue weighted by atomic mass is 10.1. The molecule has 3 rings (SSSR count). The molecule has 1 aliphatic heterocycles. The Morgan fingerprint density at radius 1 is 0.966 bits per heavy atom. The summed E-state index contributed by atoms with van der Waals surface area (Å²) in [5.41, 5.74) is 5.38. The van der Waals surface area contributed by atoms with Gasteiger partial charge in [0.15, 0.2) is 0 Å². The lowest BCUT2D eigenvalue weighted by molar-refractivity contribution is -0.137. The summed E-state index contributed by atoms with van der Waals surface area (Å²) < 4.78 is 39.6. The van der Waals surface area contributed by atoms with E-state index < -0.39 is 23.7 Å². The Morgan fingerprint density at radius 3 is 2.34 bits per heavy atom. The van der Waals surface area contributed by atoms with Crippen molar-refractivity contribution in [1.82, 2.24) is 0 Å². The van der Waals surface area contributed by atoms with E-state index in [1.807, 2.05) is 4.90 Å². The van der Waals surface area contributed by atoms with Crippen LogP contribution in [0.3, 0.4) is 0 Å². The first kappa shape index (κ1) is 20.5. The third-order valence-corrected chi connectivity index (χ3v) is 4.66. The van der Waals surface area contributed by atoms with E-state index >= 15 is 0 Å². The van der Waals surface area contributed by atoms with Gasteiger partial charge in [-0.2, -0.15) is 13.2 Å². The lowest BCUT2D eigenvalue weighted by Gasteiger charge is -2.31. The van der Waals surface area contributed by atoms with Crippen molar-refractivity contribution in [3.63, 3.8) is 0 Å². The fraction of sp³-hybridized carbons (Fsp3) is 0.300. The van der Waals surface area contributed by atoms with Crippen LogP contribution in [0.15, 0.2) is 42.5 Å². The zero-order chi connectivity index (χ0) is 21.0. The molecule has 154 valence electrons. The molecule has 1 fully saturated rings. The molecular weight excluding hydrogens is 385 g/mol. The van der Waals surface area contributed by atoms with Gasteiger partial charge in [-0.05, 0) is 55.7 Å². The van der Waals surface area contributed by atoms with Crippen LogP contribution in [0.4, 0.5) is 35.0 Å². The SMILES string of the molecule is NC(=O)Nc1cccc(C(=O)Nc2cc(C(F)(F)F)ccc2N2CCCCC2)c1. The number of carbonyl (C=O) groups excluding carboxylic acids is 2. The van der Waals surface area contributed by atoms with Crippen LogP contribution in [-0.2, 0) is 6.18 Å². The second kappa shape index (κ2) is 8.42. The summed E-state index contributed by atoms with van der Waals surface area (Å²) in [5, 5.41) is 4.95. The number of carbonyl (C=O) groups is 2. The molecule has 3 amide bonds. The Kier molecular flexibility index (Phi) is 5.95. The van der Waals surface area contributed by atoms with Gasteiger partial charge in [-0.25, -0.2) is 4.79 Å². The molecular formula is C20H21F3N4O2. The van der Waals surface area contributed by atoms with Crippen LogP contribution in [0, 0.1) is 0 Å². The van der Waals surface area contributed by atoms with Gasteiger partial charge in [0.25, 0.3) is 5.91 Å². The Morgan fingerprint density at radius 2 is 1.69 bits per heavy atom. The molecule has 1 aliphatic rings. The zero-order valence-electron chi connectivity index (χ0n) is 15.6. The van der Waals surface area contributed by atoms with Crippen LogP contribution in [0.1, 0.15) is 35.2 Å². The van der Waals surface area contributed by atoms with Crippen molar-refractivity contribution in [2.24, 2.45) is 5.73 Å². The lowest BCUT2D eigenvalue weighted by Crippen LogP contribution is -2.30. The smallest absolute Gasteiger partial charge is 0.370 e. The number of nitrogens with two attached hydrogens (primary N) is 1. The number of nitrogens with zero attached hydrogens (tertiary/aromatic N) is 1.